The van der Waals surface area contributed by atoms with Crippen molar-refractivity contribution in [1.29, 1.82) is 0 Å². The zero-order valence-electron chi connectivity index (χ0n) is 10.6. The van der Waals surface area contributed by atoms with E-state index in [9.17, 15) is 18.0 Å². The summed E-state index contributed by atoms with van der Waals surface area (Å²) in [6.45, 7) is -1.82. The molecule has 0 aliphatic heterocycles. The number of nitrogens with two attached hydrogens (primary N) is 1. The summed E-state index contributed by atoms with van der Waals surface area (Å²) in [7, 11) is 0. The van der Waals surface area contributed by atoms with Crippen LogP contribution in [0.25, 0.3) is 0 Å². The number of alkyl halides is 3. The van der Waals surface area contributed by atoms with Gasteiger partial charge in [-0.05, 0) is 12.1 Å². The van der Waals surface area contributed by atoms with Crippen molar-refractivity contribution < 1.29 is 27.4 Å². The average Bonchev–Trinajstić information content (AvgIpc) is 2.35. The van der Waals surface area contributed by atoms with Gasteiger partial charge >= 0.3 is 6.18 Å². The molecule has 0 saturated heterocycles. The van der Waals surface area contributed by atoms with Crippen LogP contribution in [0.1, 0.15) is 0 Å². The zero-order chi connectivity index (χ0) is 15.0. The minimum absolute atomic E-state index is 0.0186. The number of rotatable bonds is 7. The number of hydrogen-bond acceptors (Lipinski definition) is 4. The Labute approximate surface area is 113 Å². The molecule has 0 aliphatic carbocycles. The number of ether oxygens (including phenoxy) is 2. The van der Waals surface area contributed by atoms with E-state index in [4.69, 9.17) is 10.5 Å². The normalized spacial score (nSPS) is 11.2. The van der Waals surface area contributed by atoms with Crippen molar-refractivity contribution in [1.82, 2.24) is 5.32 Å². The molecule has 0 spiro atoms. The lowest BCUT2D eigenvalue weighted by molar-refractivity contribution is -0.173. The fourth-order valence-electron chi connectivity index (χ4n) is 1.25. The van der Waals surface area contributed by atoms with E-state index in [0.29, 0.717) is 11.4 Å². The third kappa shape index (κ3) is 7.47. The molecule has 1 aromatic rings. The number of carbonyl (C=O) groups excluding carboxylic acids is 1. The van der Waals surface area contributed by atoms with E-state index in [1.807, 2.05) is 0 Å². The van der Waals surface area contributed by atoms with Crippen LogP contribution in [0.15, 0.2) is 24.3 Å². The number of nitrogens with one attached hydrogen (secondary N) is 1. The Bertz CT molecular complexity index is 438. The van der Waals surface area contributed by atoms with E-state index in [0.717, 1.165) is 0 Å². The van der Waals surface area contributed by atoms with Gasteiger partial charge in [0.25, 0.3) is 5.91 Å². The second-order valence-corrected chi connectivity index (χ2v) is 3.88. The second-order valence-electron chi connectivity index (χ2n) is 3.88. The van der Waals surface area contributed by atoms with Gasteiger partial charge in [-0.3, -0.25) is 4.79 Å². The van der Waals surface area contributed by atoms with E-state index in [-0.39, 0.29) is 19.8 Å². The zero-order valence-corrected chi connectivity index (χ0v) is 10.6. The van der Waals surface area contributed by atoms with Crippen LogP contribution < -0.4 is 15.8 Å². The Balaban J connectivity index is 2.12. The first-order valence-electron chi connectivity index (χ1n) is 5.76. The van der Waals surface area contributed by atoms with Gasteiger partial charge in [-0.2, -0.15) is 13.2 Å². The summed E-state index contributed by atoms with van der Waals surface area (Å²) in [5, 5.41) is 2.37. The third-order valence-electron chi connectivity index (χ3n) is 2.06. The molecule has 0 aromatic heterocycles. The molecule has 20 heavy (non-hydrogen) atoms. The van der Waals surface area contributed by atoms with Crippen LogP contribution in [0.5, 0.6) is 5.75 Å². The van der Waals surface area contributed by atoms with Gasteiger partial charge in [0.15, 0.2) is 6.61 Å². The molecule has 0 atom stereocenters. The monoisotopic (exact) mass is 292 g/mol. The summed E-state index contributed by atoms with van der Waals surface area (Å²) < 4.78 is 44.7. The number of hydrogen-bond donors (Lipinski definition) is 2. The standard InChI is InChI=1S/C12H15F3N2O3/c13-12(14,15)8-19-5-4-17-11(18)7-20-10-3-1-2-9(16)6-10/h1-3,6H,4-5,7-8,16H2,(H,17,18). The molecular weight excluding hydrogens is 277 g/mol. The number of halogens is 3. The van der Waals surface area contributed by atoms with Gasteiger partial charge in [-0.25, -0.2) is 0 Å². The van der Waals surface area contributed by atoms with Crippen molar-refractivity contribution in [3.63, 3.8) is 0 Å². The molecule has 1 rings (SSSR count). The van der Waals surface area contributed by atoms with Gasteiger partial charge in [-0.15, -0.1) is 0 Å². The molecule has 112 valence electrons. The summed E-state index contributed by atoms with van der Waals surface area (Å²) in [6, 6.07) is 6.54. The molecule has 0 aliphatic rings. The van der Waals surface area contributed by atoms with Gasteiger partial charge in [0.2, 0.25) is 0 Å². The van der Waals surface area contributed by atoms with E-state index in [1.54, 1.807) is 24.3 Å². The van der Waals surface area contributed by atoms with E-state index >= 15 is 0 Å². The topological polar surface area (TPSA) is 73.6 Å². The SMILES string of the molecule is Nc1cccc(OCC(=O)NCCOCC(F)(F)F)c1. The van der Waals surface area contributed by atoms with Crippen LogP contribution in [0.4, 0.5) is 18.9 Å². The maximum atomic E-state index is 11.7. The van der Waals surface area contributed by atoms with Gasteiger partial charge in [-0.1, -0.05) is 6.07 Å². The summed E-state index contributed by atoms with van der Waals surface area (Å²) in [6.07, 6.45) is -4.36. The van der Waals surface area contributed by atoms with Crippen LogP contribution in [0.2, 0.25) is 0 Å². The van der Waals surface area contributed by atoms with Crippen molar-refractivity contribution in [2.75, 3.05) is 32.1 Å². The Morgan fingerprint density at radius 2 is 2.10 bits per heavy atom. The quantitative estimate of drug-likeness (QED) is 0.587. The molecule has 5 nitrogen and oxygen atoms in total. The molecular formula is C12H15F3N2O3. The lowest BCUT2D eigenvalue weighted by Gasteiger charge is -2.09. The molecule has 0 fully saturated rings. The molecule has 8 heteroatoms. The average molecular weight is 292 g/mol. The molecule has 3 N–H and O–H groups in total. The molecule has 0 bridgehead atoms. The lowest BCUT2D eigenvalue weighted by atomic mass is 10.3. The number of nitrogen functional groups attached to an aromatic ring is 1. The molecule has 0 unspecified atom stereocenters. The second kappa shape index (κ2) is 7.59. The Morgan fingerprint density at radius 1 is 1.35 bits per heavy atom. The lowest BCUT2D eigenvalue weighted by Crippen LogP contribution is -2.32. The van der Waals surface area contributed by atoms with Crippen molar-refractivity contribution in [2.24, 2.45) is 0 Å². The number of amides is 1. The van der Waals surface area contributed by atoms with E-state index in [2.05, 4.69) is 10.1 Å². The highest BCUT2D eigenvalue weighted by Gasteiger charge is 2.27. The van der Waals surface area contributed by atoms with Crippen molar-refractivity contribution in [2.45, 2.75) is 6.18 Å². The predicted molar refractivity (Wildman–Crippen MR) is 66.2 cm³/mol. The smallest absolute Gasteiger partial charge is 0.411 e. The molecule has 0 radical (unpaired) electrons. The minimum Gasteiger partial charge on any atom is -0.484 e. The van der Waals surface area contributed by atoms with Crippen LogP contribution >= 0.6 is 0 Å². The molecule has 1 amide bonds. The summed E-state index contributed by atoms with van der Waals surface area (Å²) in [4.78, 5) is 11.3. The highest BCUT2D eigenvalue weighted by Crippen LogP contribution is 2.14. The number of anilines is 1. The Hall–Kier alpha value is -1.96. The Morgan fingerprint density at radius 3 is 2.75 bits per heavy atom. The van der Waals surface area contributed by atoms with Gasteiger partial charge in [0, 0.05) is 18.3 Å². The van der Waals surface area contributed by atoms with Crippen LogP contribution in [0.3, 0.4) is 0 Å². The first-order valence-corrected chi connectivity index (χ1v) is 5.76. The van der Waals surface area contributed by atoms with E-state index in [1.165, 1.54) is 0 Å². The predicted octanol–water partition coefficient (Wildman–Crippen LogP) is 1.34. The van der Waals surface area contributed by atoms with Crippen LogP contribution in [-0.4, -0.2) is 38.4 Å². The van der Waals surface area contributed by atoms with Crippen molar-refractivity contribution in [3.8, 4) is 5.75 Å². The largest absolute Gasteiger partial charge is 0.484 e. The number of carbonyl (C=O) groups is 1. The van der Waals surface area contributed by atoms with Crippen LogP contribution in [0, 0.1) is 0 Å². The highest BCUT2D eigenvalue weighted by atomic mass is 19.4. The maximum absolute atomic E-state index is 11.7. The molecule has 1 aromatic carbocycles. The fourth-order valence-corrected chi connectivity index (χ4v) is 1.25. The fraction of sp³-hybridized carbons (Fsp3) is 0.417. The van der Waals surface area contributed by atoms with Crippen LogP contribution in [-0.2, 0) is 9.53 Å². The summed E-state index contributed by atoms with van der Waals surface area (Å²) in [5.74, 6) is -0.0171. The summed E-state index contributed by atoms with van der Waals surface area (Å²) >= 11 is 0. The first kappa shape index (κ1) is 16.1. The first-order chi connectivity index (χ1) is 9.37. The summed E-state index contributed by atoms with van der Waals surface area (Å²) in [5.41, 5.74) is 6.03. The number of benzene rings is 1. The Kier molecular flexibility index (Phi) is 6.10. The van der Waals surface area contributed by atoms with Gasteiger partial charge in [0.1, 0.15) is 12.4 Å². The van der Waals surface area contributed by atoms with Crippen molar-refractivity contribution >= 4 is 11.6 Å². The van der Waals surface area contributed by atoms with Crippen molar-refractivity contribution in [3.05, 3.63) is 24.3 Å². The minimum atomic E-state index is -4.36. The molecule has 0 heterocycles. The van der Waals surface area contributed by atoms with Gasteiger partial charge in [0.05, 0.1) is 6.61 Å². The van der Waals surface area contributed by atoms with Gasteiger partial charge < -0.3 is 20.5 Å². The highest BCUT2D eigenvalue weighted by molar-refractivity contribution is 5.77. The van der Waals surface area contributed by atoms with E-state index < -0.39 is 18.7 Å². The molecule has 0 saturated carbocycles. The third-order valence-corrected chi connectivity index (χ3v) is 2.06. The maximum Gasteiger partial charge on any atom is 0.411 e.